The number of benzene rings is 2. The van der Waals surface area contributed by atoms with Crippen molar-refractivity contribution in [3.05, 3.63) is 65.5 Å². The van der Waals surface area contributed by atoms with E-state index in [9.17, 15) is 10.1 Å². The lowest BCUT2D eigenvalue weighted by Gasteiger charge is -2.21. The van der Waals surface area contributed by atoms with Crippen LogP contribution in [0.4, 0.5) is 0 Å². The van der Waals surface area contributed by atoms with Gasteiger partial charge in [-0.1, -0.05) is 51.1 Å². The Morgan fingerprint density at radius 1 is 1.22 bits per heavy atom. The Kier molecular flexibility index (Phi) is 5.00. The molecule has 5 nitrogen and oxygen atoms in total. The minimum atomic E-state index is -0.116. The SMILES string of the molecule is CC(NC(=O)Cn1cnc2cccc(C#N)c21)c1ccc(C(C)(C)C)cc1. The van der Waals surface area contributed by atoms with Gasteiger partial charge < -0.3 is 9.88 Å². The molecular weight excluding hydrogens is 336 g/mol. The lowest BCUT2D eigenvalue weighted by molar-refractivity contribution is -0.122. The maximum Gasteiger partial charge on any atom is 0.240 e. The number of amides is 1. The Labute approximate surface area is 159 Å². The van der Waals surface area contributed by atoms with Crippen molar-refractivity contribution in [2.45, 2.75) is 45.7 Å². The van der Waals surface area contributed by atoms with Gasteiger partial charge in [-0.2, -0.15) is 5.26 Å². The number of nitrogens with one attached hydrogen (secondary N) is 1. The fourth-order valence-electron chi connectivity index (χ4n) is 3.13. The van der Waals surface area contributed by atoms with Crippen molar-refractivity contribution in [1.82, 2.24) is 14.9 Å². The smallest absolute Gasteiger partial charge is 0.240 e. The van der Waals surface area contributed by atoms with Gasteiger partial charge in [0.1, 0.15) is 12.6 Å². The molecule has 1 heterocycles. The Balaban J connectivity index is 1.72. The lowest BCUT2D eigenvalue weighted by Crippen LogP contribution is -2.30. The van der Waals surface area contributed by atoms with E-state index in [1.54, 1.807) is 23.0 Å². The van der Waals surface area contributed by atoms with Gasteiger partial charge in [-0.05, 0) is 35.6 Å². The molecule has 1 aromatic heterocycles. The molecule has 138 valence electrons. The summed E-state index contributed by atoms with van der Waals surface area (Å²) in [5.74, 6) is -0.116. The number of aromatic nitrogens is 2. The van der Waals surface area contributed by atoms with E-state index in [4.69, 9.17) is 0 Å². The van der Waals surface area contributed by atoms with Gasteiger partial charge in [0.25, 0.3) is 0 Å². The molecule has 1 amide bonds. The summed E-state index contributed by atoms with van der Waals surface area (Å²) in [5, 5.41) is 12.3. The minimum Gasteiger partial charge on any atom is -0.348 e. The highest BCUT2D eigenvalue weighted by Crippen LogP contribution is 2.24. The minimum absolute atomic E-state index is 0.100. The number of carbonyl (C=O) groups excluding carboxylic acids is 1. The van der Waals surface area contributed by atoms with Gasteiger partial charge >= 0.3 is 0 Å². The number of nitriles is 1. The molecule has 5 heteroatoms. The first-order chi connectivity index (χ1) is 12.8. The zero-order valence-electron chi connectivity index (χ0n) is 16.2. The van der Waals surface area contributed by atoms with Crippen LogP contribution in [-0.4, -0.2) is 15.5 Å². The van der Waals surface area contributed by atoms with Crippen molar-refractivity contribution >= 4 is 16.9 Å². The predicted molar refractivity (Wildman–Crippen MR) is 106 cm³/mol. The van der Waals surface area contributed by atoms with Crippen molar-refractivity contribution in [2.75, 3.05) is 0 Å². The van der Waals surface area contributed by atoms with Crippen LogP contribution in [0.5, 0.6) is 0 Å². The second-order valence-electron chi connectivity index (χ2n) is 7.82. The summed E-state index contributed by atoms with van der Waals surface area (Å²) >= 11 is 0. The molecule has 3 aromatic rings. The summed E-state index contributed by atoms with van der Waals surface area (Å²) in [6, 6.07) is 15.8. The van der Waals surface area contributed by atoms with Gasteiger partial charge in [0.15, 0.2) is 0 Å². The highest BCUT2D eigenvalue weighted by molar-refractivity contribution is 5.84. The second-order valence-corrected chi connectivity index (χ2v) is 7.82. The molecule has 0 saturated heterocycles. The van der Waals surface area contributed by atoms with Gasteiger partial charge in [-0.15, -0.1) is 0 Å². The second kappa shape index (κ2) is 7.24. The maximum atomic E-state index is 12.5. The van der Waals surface area contributed by atoms with E-state index in [2.05, 4.69) is 61.4 Å². The molecule has 0 bridgehead atoms. The maximum absolute atomic E-state index is 12.5. The third-order valence-electron chi connectivity index (χ3n) is 4.73. The lowest BCUT2D eigenvalue weighted by atomic mass is 9.86. The van der Waals surface area contributed by atoms with E-state index in [0.717, 1.165) is 5.56 Å². The number of para-hydroxylation sites is 1. The molecule has 0 spiro atoms. The molecule has 1 N–H and O–H groups in total. The predicted octanol–water partition coefficient (Wildman–Crippen LogP) is 4.08. The molecule has 1 atom stereocenters. The highest BCUT2D eigenvalue weighted by Gasteiger charge is 2.16. The van der Waals surface area contributed by atoms with Crippen LogP contribution in [0.25, 0.3) is 11.0 Å². The number of fused-ring (bicyclic) bond motifs is 1. The number of carbonyl (C=O) groups is 1. The average Bonchev–Trinajstić information content (AvgIpc) is 3.04. The Morgan fingerprint density at radius 2 is 1.93 bits per heavy atom. The first kappa shape index (κ1) is 18.7. The van der Waals surface area contributed by atoms with Gasteiger partial charge in [0.2, 0.25) is 5.91 Å². The Bertz CT molecular complexity index is 1000. The van der Waals surface area contributed by atoms with E-state index in [1.165, 1.54) is 5.56 Å². The monoisotopic (exact) mass is 360 g/mol. The molecule has 2 aromatic carbocycles. The van der Waals surface area contributed by atoms with Crippen LogP contribution in [-0.2, 0) is 16.8 Å². The number of nitrogens with zero attached hydrogens (tertiary/aromatic N) is 3. The van der Waals surface area contributed by atoms with Crippen LogP contribution in [0.1, 0.15) is 50.4 Å². The van der Waals surface area contributed by atoms with Gasteiger partial charge in [0.05, 0.1) is 29.0 Å². The van der Waals surface area contributed by atoms with Gasteiger partial charge in [-0.25, -0.2) is 4.98 Å². The number of hydrogen-bond donors (Lipinski definition) is 1. The molecule has 0 aliphatic rings. The summed E-state index contributed by atoms with van der Waals surface area (Å²) in [6.45, 7) is 8.63. The molecule has 0 aliphatic heterocycles. The number of imidazole rings is 1. The third-order valence-corrected chi connectivity index (χ3v) is 4.73. The van der Waals surface area contributed by atoms with Crippen LogP contribution in [0, 0.1) is 11.3 Å². The van der Waals surface area contributed by atoms with Crippen LogP contribution in [0.2, 0.25) is 0 Å². The summed E-state index contributed by atoms with van der Waals surface area (Å²) in [5.41, 5.74) is 4.35. The zero-order chi connectivity index (χ0) is 19.6. The van der Waals surface area contributed by atoms with E-state index < -0.39 is 0 Å². The van der Waals surface area contributed by atoms with E-state index in [0.29, 0.717) is 16.6 Å². The van der Waals surface area contributed by atoms with Crippen molar-refractivity contribution in [2.24, 2.45) is 0 Å². The van der Waals surface area contributed by atoms with Crippen molar-refractivity contribution in [1.29, 1.82) is 5.26 Å². The molecule has 0 saturated carbocycles. The molecule has 0 radical (unpaired) electrons. The van der Waals surface area contributed by atoms with Gasteiger partial charge in [0, 0.05) is 0 Å². The fraction of sp³-hybridized carbons (Fsp3) is 0.318. The fourth-order valence-corrected chi connectivity index (χ4v) is 3.13. The molecule has 27 heavy (non-hydrogen) atoms. The normalized spacial score (nSPS) is 12.6. The summed E-state index contributed by atoms with van der Waals surface area (Å²) in [7, 11) is 0. The highest BCUT2D eigenvalue weighted by atomic mass is 16.2. The standard InChI is InChI=1S/C22H24N4O/c1-15(16-8-10-18(11-9-16)22(2,3)4)25-20(27)13-26-14-24-19-7-5-6-17(12-23)21(19)26/h5-11,14-15H,13H2,1-4H3,(H,25,27). The number of rotatable bonds is 4. The topological polar surface area (TPSA) is 70.7 Å². The Morgan fingerprint density at radius 3 is 2.56 bits per heavy atom. The third kappa shape index (κ3) is 4.01. The van der Waals surface area contributed by atoms with E-state index in [-0.39, 0.29) is 23.9 Å². The largest absolute Gasteiger partial charge is 0.348 e. The van der Waals surface area contributed by atoms with Crippen molar-refractivity contribution in [3.8, 4) is 6.07 Å². The zero-order valence-corrected chi connectivity index (χ0v) is 16.2. The van der Waals surface area contributed by atoms with E-state index >= 15 is 0 Å². The molecule has 3 rings (SSSR count). The van der Waals surface area contributed by atoms with Crippen LogP contribution in [0.15, 0.2) is 48.8 Å². The van der Waals surface area contributed by atoms with Gasteiger partial charge in [-0.3, -0.25) is 4.79 Å². The Hall–Kier alpha value is -3.13. The van der Waals surface area contributed by atoms with Crippen LogP contribution >= 0.6 is 0 Å². The summed E-state index contributed by atoms with van der Waals surface area (Å²) in [6.07, 6.45) is 1.61. The van der Waals surface area contributed by atoms with Crippen LogP contribution < -0.4 is 5.32 Å². The van der Waals surface area contributed by atoms with Crippen molar-refractivity contribution < 1.29 is 4.79 Å². The first-order valence-corrected chi connectivity index (χ1v) is 9.03. The van der Waals surface area contributed by atoms with Crippen LogP contribution in [0.3, 0.4) is 0 Å². The quantitative estimate of drug-likeness (QED) is 0.762. The summed E-state index contributed by atoms with van der Waals surface area (Å²) in [4.78, 5) is 16.8. The van der Waals surface area contributed by atoms with E-state index in [1.807, 2.05) is 13.0 Å². The molecular formula is C22H24N4O. The first-order valence-electron chi connectivity index (χ1n) is 9.03. The summed E-state index contributed by atoms with van der Waals surface area (Å²) < 4.78 is 1.72. The van der Waals surface area contributed by atoms with Crippen molar-refractivity contribution in [3.63, 3.8) is 0 Å². The number of hydrogen-bond acceptors (Lipinski definition) is 3. The molecule has 1 unspecified atom stereocenters. The molecule has 0 fully saturated rings. The molecule has 0 aliphatic carbocycles. The average molecular weight is 360 g/mol.